The van der Waals surface area contributed by atoms with Gasteiger partial charge in [0.05, 0.1) is 12.4 Å². The Bertz CT molecular complexity index is 533. The molecule has 18 heavy (non-hydrogen) atoms. The summed E-state index contributed by atoms with van der Waals surface area (Å²) in [5.74, 6) is -0.279. The quantitative estimate of drug-likeness (QED) is 0.907. The molecule has 0 saturated carbocycles. The lowest BCUT2D eigenvalue weighted by molar-refractivity contribution is 0.0949. The smallest absolute Gasteiger partial charge is 0.271 e. The number of amides is 1. The van der Waals surface area contributed by atoms with Crippen LogP contribution < -0.4 is 5.32 Å². The van der Waals surface area contributed by atoms with Gasteiger partial charge in [0.1, 0.15) is 10.8 Å². The Morgan fingerprint density at radius 3 is 2.72 bits per heavy atom. The SMILES string of the molecule is O=C(NCCc1ccncc1)c1cncc(Cl)n1. The summed E-state index contributed by atoms with van der Waals surface area (Å²) >= 11 is 5.66. The first-order chi connectivity index (χ1) is 8.75. The fraction of sp³-hybridized carbons (Fsp3) is 0.167. The van der Waals surface area contributed by atoms with Crippen LogP contribution in [0.2, 0.25) is 5.15 Å². The van der Waals surface area contributed by atoms with E-state index in [0.29, 0.717) is 6.54 Å². The molecule has 0 aromatic carbocycles. The highest BCUT2D eigenvalue weighted by atomic mass is 35.5. The second kappa shape index (κ2) is 6.07. The van der Waals surface area contributed by atoms with Gasteiger partial charge in [-0.2, -0.15) is 0 Å². The predicted octanol–water partition coefficient (Wildman–Crippen LogP) is 1.50. The highest BCUT2D eigenvalue weighted by molar-refractivity contribution is 6.29. The van der Waals surface area contributed by atoms with Crippen molar-refractivity contribution in [3.63, 3.8) is 0 Å². The molecule has 92 valence electrons. The van der Waals surface area contributed by atoms with Crippen LogP contribution in [0.1, 0.15) is 16.1 Å². The zero-order chi connectivity index (χ0) is 12.8. The minimum Gasteiger partial charge on any atom is -0.350 e. The predicted molar refractivity (Wildman–Crippen MR) is 67.3 cm³/mol. The second-order valence-corrected chi connectivity index (χ2v) is 3.98. The molecule has 2 heterocycles. The van der Waals surface area contributed by atoms with Crippen molar-refractivity contribution in [2.24, 2.45) is 0 Å². The molecule has 2 aromatic heterocycles. The molecule has 0 radical (unpaired) electrons. The largest absolute Gasteiger partial charge is 0.350 e. The van der Waals surface area contributed by atoms with Gasteiger partial charge in [-0.15, -0.1) is 0 Å². The van der Waals surface area contributed by atoms with Gasteiger partial charge in [-0.1, -0.05) is 11.6 Å². The van der Waals surface area contributed by atoms with E-state index < -0.39 is 0 Å². The fourth-order valence-corrected chi connectivity index (χ4v) is 1.56. The molecule has 0 aliphatic heterocycles. The first kappa shape index (κ1) is 12.4. The number of carbonyl (C=O) groups excluding carboxylic acids is 1. The van der Waals surface area contributed by atoms with Crippen LogP contribution in [0.4, 0.5) is 0 Å². The van der Waals surface area contributed by atoms with Crippen LogP contribution in [-0.2, 0) is 6.42 Å². The summed E-state index contributed by atoms with van der Waals surface area (Å²) in [6.07, 6.45) is 6.95. The Kier molecular flexibility index (Phi) is 4.20. The molecule has 0 atom stereocenters. The van der Waals surface area contributed by atoms with E-state index in [-0.39, 0.29) is 16.8 Å². The highest BCUT2D eigenvalue weighted by Crippen LogP contribution is 2.02. The molecule has 0 aliphatic rings. The maximum atomic E-state index is 11.7. The van der Waals surface area contributed by atoms with Crippen molar-refractivity contribution >= 4 is 17.5 Å². The zero-order valence-electron chi connectivity index (χ0n) is 9.51. The molecule has 0 fully saturated rings. The molecular formula is C12H11ClN4O. The molecule has 2 rings (SSSR count). The van der Waals surface area contributed by atoms with Crippen molar-refractivity contribution in [1.82, 2.24) is 20.3 Å². The number of pyridine rings is 1. The Morgan fingerprint density at radius 1 is 1.22 bits per heavy atom. The number of nitrogens with one attached hydrogen (secondary N) is 1. The maximum absolute atomic E-state index is 11.7. The minimum atomic E-state index is -0.279. The first-order valence-corrected chi connectivity index (χ1v) is 5.78. The van der Waals surface area contributed by atoms with Gasteiger partial charge in [-0.3, -0.25) is 14.8 Å². The average molecular weight is 263 g/mol. The molecule has 0 unspecified atom stereocenters. The van der Waals surface area contributed by atoms with Gasteiger partial charge in [-0.25, -0.2) is 4.98 Å². The lowest BCUT2D eigenvalue weighted by Crippen LogP contribution is -2.26. The third-order valence-corrected chi connectivity index (χ3v) is 2.47. The molecule has 1 N–H and O–H groups in total. The number of carbonyl (C=O) groups is 1. The molecule has 0 saturated heterocycles. The van der Waals surface area contributed by atoms with E-state index >= 15 is 0 Å². The number of nitrogens with zero attached hydrogens (tertiary/aromatic N) is 3. The third kappa shape index (κ3) is 3.49. The van der Waals surface area contributed by atoms with Crippen LogP contribution >= 0.6 is 11.6 Å². The average Bonchev–Trinajstić information content (AvgIpc) is 2.40. The first-order valence-electron chi connectivity index (χ1n) is 5.40. The lowest BCUT2D eigenvalue weighted by atomic mass is 10.2. The van der Waals surface area contributed by atoms with Crippen molar-refractivity contribution in [3.05, 3.63) is 53.3 Å². The lowest BCUT2D eigenvalue weighted by Gasteiger charge is -2.04. The van der Waals surface area contributed by atoms with Crippen molar-refractivity contribution in [3.8, 4) is 0 Å². The third-order valence-electron chi connectivity index (χ3n) is 2.29. The molecule has 0 bridgehead atoms. The van der Waals surface area contributed by atoms with Crippen LogP contribution in [0.15, 0.2) is 36.9 Å². The van der Waals surface area contributed by atoms with Gasteiger partial charge < -0.3 is 5.32 Å². The van der Waals surface area contributed by atoms with E-state index in [0.717, 1.165) is 12.0 Å². The molecule has 1 amide bonds. The van der Waals surface area contributed by atoms with Crippen LogP contribution in [0, 0.1) is 0 Å². The number of halogens is 1. The number of hydrogen-bond acceptors (Lipinski definition) is 4. The van der Waals surface area contributed by atoms with Crippen molar-refractivity contribution < 1.29 is 4.79 Å². The molecule has 6 heteroatoms. The van der Waals surface area contributed by atoms with E-state index in [1.54, 1.807) is 12.4 Å². The fourth-order valence-electron chi connectivity index (χ4n) is 1.41. The zero-order valence-corrected chi connectivity index (χ0v) is 10.3. The normalized spacial score (nSPS) is 10.1. The molecule has 2 aromatic rings. The molecule has 5 nitrogen and oxygen atoms in total. The Labute approximate surface area is 109 Å². The standard InChI is InChI=1S/C12H11ClN4O/c13-11-8-15-7-10(17-11)12(18)16-6-3-9-1-4-14-5-2-9/h1-2,4-5,7-8H,3,6H2,(H,16,18). The Hall–Kier alpha value is -2.01. The summed E-state index contributed by atoms with van der Waals surface area (Å²) in [5.41, 5.74) is 1.33. The van der Waals surface area contributed by atoms with E-state index in [4.69, 9.17) is 11.6 Å². The van der Waals surface area contributed by atoms with E-state index in [9.17, 15) is 4.79 Å². The number of rotatable bonds is 4. The maximum Gasteiger partial charge on any atom is 0.271 e. The van der Waals surface area contributed by atoms with Gasteiger partial charge in [0.15, 0.2) is 0 Å². The van der Waals surface area contributed by atoms with Crippen molar-refractivity contribution in [2.45, 2.75) is 6.42 Å². The molecule has 0 aliphatic carbocycles. The summed E-state index contributed by atoms with van der Waals surface area (Å²) in [6, 6.07) is 3.82. The summed E-state index contributed by atoms with van der Waals surface area (Å²) in [6.45, 7) is 0.525. The Morgan fingerprint density at radius 2 is 2.00 bits per heavy atom. The van der Waals surface area contributed by atoms with Gasteiger partial charge in [0, 0.05) is 18.9 Å². The Balaban J connectivity index is 1.86. The van der Waals surface area contributed by atoms with Gasteiger partial charge in [0.25, 0.3) is 5.91 Å². The van der Waals surface area contributed by atoms with Crippen molar-refractivity contribution in [2.75, 3.05) is 6.54 Å². The van der Waals surface area contributed by atoms with Crippen LogP contribution in [-0.4, -0.2) is 27.4 Å². The van der Waals surface area contributed by atoms with Gasteiger partial charge >= 0.3 is 0 Å². The van der Waals surface area contributed by atoms with E-state index in [2.05, 4.69) is 20.3 Å². The van der Waals surface area contributed by atoms with Crippen LogP contribution in [0.25, 0.3) is 0 Å². The number of aromatic nitrogens is 3. The number of hydrogen-bond donors (Lipinski definition) is 1. The molecular weight excluding hydrogens is 252 g/mol. The topological polar surface area (TPSA) is 67.8 Å². The summed E-state index contributed by atoms with van der Waals surface area (Å²) < 4.78 is 0. The van der Waals surface area contributed by atoms with Crippen LogP contribution in [0.3, 0.4) is 0 Å². The second-order valence-electron chi connectivity index (χ2n) is 3.59. The van der Waals surface area contributed by atoms with E-state index in [1.165, 1.54) is 12.4 Å². The van der Waals surface area contributed by atoms with Gasteiger partial charge in [-0.05, 0) is 24.1 Å². The van der Waals surface area contributed by atoms with E-state index in [1.807, 2.05) is 12.1 Å². The summed E-state index contributed by atoms with van der Waals surface area (Å²) in [5, 5.41) is 2.96. The monoisotopic (exact) mass is 262 g/mol. The highest BCUT2D eigenvalue weighted by Gasteiger charge is 2.07. The summed E-state index contributed by atoms with van der Waals surface area (Å²) in [7, 11) is 0. The van der Waals surface area contributed by atoms with Crippen molar-refractivity contribution in [1.29, 1.82) is 0 Å². The minimum absolute atomic E-state index is 0.205. The molecule has 0 spiro atoms. The van der Waals surface area contributed by atoms with Gasteiger partial charge in [0.2, 0.25) is 0 Å². The van der Waals surface area contributed by atoms with Crippen LogP contribution in [0.5, 0.6) is 0 Å². The summed E-state index contributed by atoms with van der Waals surface area (Å²) in [4.78, 5) is 23.3.